The zero-order valence-corrected chi connectivity index (χ0v) is 15.6. The van der Waals surface area contributed by atoms with Gasteiger partial charge in [-0.15, -0.1) is 0 Å². The lowest BCUT2D eigenvalue weighted by molar-refractivity contribution is -0.135. The summed E-state index contributed by atoms with van der Waals surface area (Å²) in [6.45, 7) is 7.30. The van der Waals surface area contributed by atoms with Gasteiger partial charge in [0.1, 0.15) is 6.54 Å². The fourth-order valence-electron chi connectivity index (χ4n) is 2.31. The number of nitrogens with one attached hydrogen (secondary N) is 1. The molecule has 0 radical (unpaired) electrons. The van der Waals surface area contributed by atoms with Crippen molar-refractivity contribution in [2.45, 2.75) is 53.6 Å². The van der Waals surface area contributed by atoms with Crippen LogP contribution in [0.2, 0.25) is 0 Å². The Kier molecular flexibility index (Phi) is 7.60. The second kappa shape index (κ2) is 9.21. The maximum Gasteiger partial charge on any atom is 0.333 e. The second-order valence-electron chi connectivity index (χ2n) is 7.03. The molecule has 0 aliphatic rings. The van der Waals surface area contributed by atoms with E-state index in [1.54, 1.807) is 0 Å². The Hall–Kier alpha value is -2.58. The molecule has 0 aromatic carbocycles. The number of aromatic hydroxyl groups is 1. The molecular formula is C17H27N3O6. The number of hydrogen-bond acceptors (Lipinski definition) is 5. The summed E-state index contributed by atoms with van der Waals surface area (Å²) in [7, 11) is 0. The third kappa shape index (κ3) is 5.47. The predicted octanol–water partition coefficient (Wildman–Crippen LogP) is 0.622. The minimum Gasteiger partial charge on any atom is -0.494 e. The lowest BCUT2D eigenvalue weighted by atomic mass is 10.1. The van der Waals surface area contributed by atoms with Crippen molar-refractivity contribution in [1.29, 1.82) is 0 Å². The van der Waals surface area contributed by atoms with E-state index in [-0.39, 0.29) is 24.9 Å². The van der Waals surface area contributed by atoms with Gasteiger partial charge in [0.15, 0.2) is 5.56 Å². The molecule has 26 heavy (non-hydrogen) atoms. The van der Waals surface area contributed by atoms with Gasteiger partial charge in [-0.1, -0.05) is 27.7 Å². The Morgan fingerprint density at radius 1 is 1.00 bits per heavy atom. The van der Waals surface area contributed by atoms with Crippen LogP contribution in [0.5, 0.6) is 5.88 Å². The smallest absolute Gasteiger partial charge is 0.333 e. The molecule has 0 unspecified atom stereocenters. The highest BCUT2D eigenvalue weighted by atomic mass is 16.4. The van der Waals surface area contributed by atoms with E-state index in [9.17, 15) is 24.3 Å². The van der Waals surface area contributed by atoms with Gasteiger partial charge in [0, 0.05) is 13.1 Å². The number of hydrogen-bond donors (Lipinski definition) is 3. The van der Waals surface area contributed by atoms with E-state index < -0.39 is 41.1 Å². The van der Waals surface area contributed by atoms with Crippen LogP contribution in [-0.4, -0.2) is 37.8 Å². The highest BCUT2D eigenvalue weighted by molar-refractivity contribution is 5.97. The summed E-state index contributed by atoms with van der Waals surface area (Å²) in [5.74, 6) is -2.58. The van der Waals surface area contributed by atoms with Crippen molar-refractivity contribution < 1.29 is 19.8 Å². The molecule has 0 aliphatic heterocycles. The summed E-state index contributed by atoms with van der Waals surface area (Å²) in [6.07, 6.45) is 1.10. The first kappa shape index (κ1) is 21.5. The van der Waals surface area contributed by atoms with Crippen LogP contribution >= 0.6 is 0 Å². The van der Waals surface area contributed by atoms with Gasteiger partial charge in [-0.25, -0.2) is 4.79 Å². The van der Waals surface area contributed by atoms with Crippen LogP contribution < -0.4 is 16.6 Å². The molecular weight excluding hydrogens is 342 g/mol. The summed E-state index contributed by atoms with van der Waals surface area (Å²) in [4.78, 5) is 48.0. The number of amides is 1. The quantitative estimate of drug-likeness (QED) is 0.585. The molecule has 0 saturated heterocycles. The second-order valence-corrected chi connectivity index (χ2v) is 7.03. The normalized spacial score (nSPS) is 11.2. The molecule has 1 aromatic rings. The SMILES string of the molecule is CC(C)CCn1c(O)c(C(=O)NCC(=O)O)c(=O)n(CCC(C)C)c1=O. The van der Waals surface area contributed by atoms with Gasteiger partial charge in [-0.05, 0) is 24.7 Å². The largest absolute Gasteiger partial charge is 0.494 e. The molecule has 1 heterocycles. The average Bonchev–Trinajstić information content (AvgIpc) is 2.51. The number of aliphatic carboxylic acids is 1. The predicted molar refractivity (Wildman–Crippen MR) is 95.5 cm³/mol. The lowest BCUT2D eigenvalue weighted by Gasteiger charge is -2.16. The van der Waals surface area contributed by atoms with Crippen LogP contribution in [-0.2, 0) is 17.9 Å². The lowest BCUT2D eigenvalue weighted by Crippen LogP contribution is -2.45. The molecule has 0 bridgehead atoms. The van der Waals surface area contributed by atoms with Gasteiger partial charge in [0.2, 0.25) is 5.88 Å². The molecule has 0 atom stereocenters. The van der Waals surface area contributed by atoms with Gasteiger partial charge in [0.05, 0.1) is 0 Å². The van der Waals surface area contributed by atoms with Crippen molar-refractivity contribution in [1.82, 2.24) is 14.5 Å². The zero-order valence-electron chi connectivity index (χ0n) is 15.6. The third-order valence-electron chi connectivity index (χ3n) is 3.89. The Labute approximate surface area is 151 Å². The van der Waals surface area contributed by atoms with Crippen LogP contribution in [0, 0.1) is 11.8 Å². The number of rotatable bonds is 9. The topological polar surface area (TPSA) is 131 Å². The van der Waals surface area contributed by atoms with Gasteiger partial charge in [-0.3, -0.25) is 23.5 Å². The number of nitrogens with zero attached hydrogens (tertiary/aromatic N) is 2. The average molecular weight is 369 g/mol. The standard InChI is InChI=1S/C17H27N3O6/c1-10(2)5-7-19-15(24)13(14(23)18-9-12(21)22)16(25)20(17(19)26)8-6-11(3)4/h10-11,24H,5-9H2,1-4H3,(H,18,23)(H,21,22). The van der Waals surface area contributed by atoms with Crippen LogP contribution in [0.3, 0.4) is 0 Å². The summed E-state index contributed by atoms with van der Waals surface area (Å²) < 4.78 is 1.92. The van der Waals surface area contributed by atoms with E-state index in [0.29, 0.717) is 12.8 Å². The minimum absolute atomic E-state index is 0.108. The third-order valence-corrected chi connectivity index (χ3v) is 3.89. The van der Waals surface area contributed by atoms with Crippen molar-refractivity contribution in [2.24, 2.45) is 11.8 Å². The van der Waals surface area contributed by atoms with E-state index in [1.807, 2.05) is 27.7 Å². The van der Waals surface area contributed by atoms with Crippen LogP contribution in [0.25, 0.3) is 0 Å². The summed E-state index contributed by atoms with van der Waals surface area (Å²) in [5.41, 5.74) is -2.21. The zero-order chi connectivity index (χ0) is 20.0. The fraction of sp³-hybridized carbons (Fsp3) is 0.647. The molecule has 0 spiro atoms. The van der Waals surface area contributed by atoms with Gasteiger partial charge < -0.3 is 15.5 Å². The van der Waals surface area contributed by atoms with Crippen molar-refractivity contribution in [3.63, 3.8) is 0 Å². The van der Waals surface area contributed by atoms with Crippen molar-refractivity contribution in [2.75, 3.05) is 6.54 Å². The Morgan fingerprint density at radius 2 is 1.50 bits per heavy atom. The molecule has 1 rings (SSSR count). The maximum absolute atomic E-state index is 12.6. The first-order valence-corrected chi connectivity index (χ1v) is 8.62. The minimum atomic E-state index is -1.29. The van der Waals surface area contributed by atoms with E-state index in [1.165, 1.54) is 0 Å². The first-order chi connectivity index (χ1) is 12.1. The molecule has 1 amide bonds. The summed E-state index contributed by atoms with van der Waals surface area (Å²) in [6, 6.07) is 0. The van der Waals surface area contributed by atoms with Crippen LogP contribution in [0.1, 0.15) is 50.9 Å². The van der Waals surface area contributed by atoms with E-state index >= 15 is 0 Å². The monoisotopic (exact) mass is 369 g/mol. The van der Waals surface area contributed by atoms with Crippen LogP contribution in [0.4, 0.5) is 0 Å². The molecule has 0 fully saturated rings. The molecule has 3 N–H and O–H groups in total. The molecule has 0 aliphatic carbocycles. The number of carbonyl (C=O) groups excluding carboxylic acids is 1. The van der Waals surface area contributed by atoms with Crippen molar-refractivity contribution in [3.05, 3.63) is 26.4 Å². The first-order valence-electron chi connectivity index (χ1n) is 8.62. The molecule has 0 saturated carbocycles. The van der Waals surface area contributed by atoms with E-state index in [2.05, 4.69) is 5.32 Å². The molecule has 9 heteroatoms. The number of carbonyl (C=O) groups is 2. The maximum atomic E-state index is 12.6. The Bertz CT molecular complexity index is 776. The highest BCUT2D eigenvalue weighted by Crippen LogP contribution is 2.13. The Balaban J connectivity index is 3.46. The van der Waals surface area contributed by atoms with Gasteiger partial charge in [0.25, 0.3) is 11.5 Å². The Morgan fingerprint density at radius 3 is 1.96 bits per heavy atom. The van der Waals surface area contributed by atoms with E-state index in [0.717, 1.165) is 9.13 Å². The van der Waals surface area contributed by atoms with Gasteiger partial charge in [-0.2, -0.15) is 0 Å². The molecule has 146 valence electrons. The van der Waals surface area contributed by atoms with E-state index in [4.69, 9.17) is 5.11 Å². The summed E-state index contributed by atoms with van der Waals surface area (Å²) in [5, 5.41) is 21.1. The van der Waals surface area contributed by atoms with Crippen molar-refractivity contribution >= 4 is 11.9 Å². The van der Waals surface area contributed by atoms with Gasteiger partial charge >= 0.3 is 11.7 Å². The van der Waals surface area contributed by atoms with Crippen LogP contribution in [0.15, 0.2) is 9.59 Å². The summed E-state index contributed by atoms with van der Waals surface area (Å²) >= 11 is 0. The molecule has 9 nitrogen and oxygen atoms in total. The number of aromatic nitrogens is 2. The molecule has 1 aromatic heterocycles. The fourth-order valence-corrected chi connectivity index (χ4v) is 2.31. The number of carboxylic acid groups (broad SMARTS) is 1. The highest BCUT2D eigenvalue weighted by Gasteiger charge is 2.24. The number of carboxylic acids is 1. The van der Waals surface area contributed by atoms with Crippen molar-refractivity contribution in [3.8, 4) is 5.88 Å².